The van der Waals surface area contributed by atoms with Gasteiger partial charge >= 0.3 is 0 Å². The summed E-state index contributed by atoms with van der Waals surface area (Å²) in [5.41, 5.74) is 0.510. The molecule has 1 heterocycles. The highest BCUT2D eigenvalue weighted by Crippen LogP contribution is 2.29. The molecule has 0 bridgehead atoms. The van der Waals surface area contributed by atoms with Crippen LogP contribution in [0.5, 0.6) is 0 Å². The van der Waals surface area contributed by atoms with Gasteiger partial charge in [0.15, 0.2) is 0 Å². The van der Waals surface area contributed by atoms with E-state index in [1.807, 2.05) is 0 Å². The average molecular weight is 323 g/mol. The highest BCUT2D eigenvalue weighted by molar-refractivity contribution is 5.00. The molecular formula is C21H42N2. The molecule has 1 aliphatic carbocycles. The fourth-order valence-electron chi connectivity index (χ4n) is 5.10. The smallest absolute Gasteiger partial charge is 0.0144 e. The highest BCUT2D eigenvalue weighted by Gasteiger charge is 2.38. The lowest BCUT2D eigenvalue weighted by molar-refractivity contribution is 0.136. The quantitative estimate of drug-likeness (QED) is 0.695. The van der Waals surface area contributed by atoms with Gasteiger partial charge in [0.2, 0.25) is 0 Å². The molecule has 2 heteroatoms. The lowest BCUT2D eigenvalue weighted by Gasteiger charge is -2.47. The molecule has 0 aromatic carbocycles. The monoisotopic (exact) mass is 322 g/mol. The molecule has 0 aromatic heterocycles. The van der Waals surface area contributed by atoms with Crippen LogP contribution in [-0.4, -0.2) is 23.2 Å². The van der Waals surface area contributed by atoms with E-state index in [1.165, 1.54) is 83.5 Å². The molecule has 1 saturated heterocycles. The van der Waals surface area contributed by atoms with Crippen LogP contribution in [0.4, 0.5) is 0 Å². The maximum Gasteiger partial charge on any atom is 0.0144 e. The summed E-state index contributed by atoms with van der Waals surface area (Å²) >= 11 is 0. The Morgan fingerprint density at radius 1 is 0.609 bits per heavy atom. The summed E-state index contributed by atoms with van der Waals surface area (Å²) in [6, 6.07) is 1.43. The van der Waals surface area contributed by atoms with Crippen molar-refractivity contribution in [2.45, 2.75) is 134 Å². The zero-order chi connectivity index (χ0) is 16.8. The molecule has 0 radical (unpaired) electrons. The standard InChI is InChI=1S/C21H42N2/c1-20(2)16-19(17-21(3,4)23-20)22-18-14-12-10-8-6-5-7-9-11-13-15-18/h18-19,22-23H,5-17H2,1-4H3. The summed E-state index contributed by atoms with van der Waals surface area (Å²) in [6.45, 7) is 9.46. The van der Waals surface area contributed by atoms with Crippen LogP contribution in [0.25, 0.3) is 0 Å². The predicted octanol–water partition coefficient (Wildman–Crippen LogP) is 5.56. The first-order chi connectivity index (χ1) is 10.9. The summed E-state index contributed by atoms with van der Waals surface area (Å²) in [5.74, 6) is 0. The first-order valence-electron chi connectivity index (χ1n) is 10.4. The second kappa shape index (κ2) is 8.85. The molecule has 2 nitrogen and oxygen atoms in total. The van der Waals surface area contributed by atoms with Gasteiger partial charge in [-0.25, -0.2) is 0 Å². The van der Waals surface area contributed by atoms with Crippen molar-refractivity contribution in [1.29, 1.82) is 0 Å². The van der Waals surface area contributed by atoms with E-state index in [0.717, 1.165) is 6.04 Å². The largest absolute Gasteiger partial charge is 0.311 e. The number of rotatable bonds is 2. The summed E-state index contributed by atoms with van der Waals surface area (Å²) in [6.07, 6.45) is 18.4. The molecule has 136 valence electrons. The van der Waals surface area contributed by atoms with Crippen LogP contribution in [-0.2, 0) is 0 Å². The van der Waals surface area contributed by atoms with Gasteiger partial charge in [0.1, 0.15) is 0 Å². The van der Waals surface area contributed by atoms with E-state index < -0.39 is 0 Å². The third-order valence-corrected chi connectivity index (χ3v) is 5.77. The lowest BCUT2D eigenvalue weighted by atomic mass is 9.79. The van der Waals surface area contributed by atoms with Crippen molar-refractivity contribution in [2.75, 3.05) is 0 Å². The molecule has 2 rings (SSSR count). The molecule has 0 unspecified atom stereocenters. The molecule has 0 atom stereocenters. The van der Waals surface area contributed by atoms with Gasteiger partial charge in [-0.1, -0.05) is 57.8 Å². The second-order valence-corrected chi connectivity index (χ2v) is 9.62. The van der Waals surface area contributed by atoms with E-state index in [-0.39, 0.29) is 11.1 Å². The van der Waals surface area contributed by atoms with Gasteiger partial charge in [0, 0.05) is 23.2 Å². The van der Waals surface area contributed by atoms with Crippen LogP contribution in [0, 0.1) is 0 Å². The second-order valence-electron chi connectivity index (χ2n) is 9.62. The SMILES string of the molecule is CC1(C)CC(NC2CCCCCCCCCCC2)CC(C)(C)N1. The minimum Gasteiger partial charge on any atom is -0.311 e. The molecule has 0 spiro atoms. The molecular weight excluding hydrogens is 280 g/mol. The fourth-order valence-corrected chi connectivity index (χ4v) is 5.10. The van der Waals surface area contributed by atoms with Crippen molar-refractivity contribution < 1.29 is 0 Å². The minimum atomic E-state index is 0.255. The van der Waals surface area contributed by atoms with Crippen LogP contribution in [0.2, 0.25) is 0 Å². The van der Waals surface area contributed by atoms with Crippen molar-refractivity contribution >= 4 is 0 Å². The van der Waals surface area contributed by atoms with Crippen LogP contribution in [0.3, 0.4) is 0 Å². The molecule has 0 aromatic rings. The van der Waals surface area contributed by atoms with Crippen LogP contribution < -0.4 is 10.6 Å². The van der Waals surface area contributed by atoms with Crippen molar-refractivity contribution in [1.82, 2.24) is 10.6 Å². The molecule has 1 saturated carbocycles. The molecule has 2 fully saturated rings. The molecule has 2 N–H and O–H groups in total. The van der Waals surface area contributed by atoms with E-state index in [0.29, 0.717) is 6.04 Å². The van der Waals surface area contributed by atoms with E-state index in [2.05, 4.69) is 38.3 Å². The summed E-state index contributed by atoms with van der Waals surface area (Å²) in [4.78, 5) is 0. The molecule has 23 heavy (non-hydrogen) atoms. The van der Waals surface area contributed by atoms with Crippen molar-refractivity contribution in [3.63, 3.8) is 0 Å². The maximum atomic E-state index is 4.08. The van der Waals surface area contributed by atoms with Crippen LogP contribution in [0.1, 0.15) is 111 Å². The van der Waals surface area contributed by atoms with Gasteiger partial charge in [-0.3, -0.25) is 0 Å². The minimum absolute atomic E-state index is 0.255. The normalized spacial score (nSPS) is 28.7. The van der Waals surface area contributed by atoms with E-state index >= 15 is 0 Å². The van der Waals surface area contributed by atoms with Gasteiger partial charge < -0.3 is 10.6 Å². The Morgan fingerprint density at radius 2 is 1.00 bits per heavy atom. The Labute approximate surface area is 145 Å². The first kappa shape index (κ1) is 19.2. The zero-order valence-corrected chi connectivity index (χ0v) is 16.3. The highest BCUT2D eigenvalue weighted by atomic mass is 15.1. The van der Waals surface area contributed by atoms with Gasteiger partial charge in [-0.05, 0) is 53.4 Å². The number of hydrogen-bond acceptors (Lipinski definition) is 2. The Kier molecular flexibility index (Phi) is 7.41. The van der Waals surface area contributed by atoms with E-state index in [4.69, 9.17) is 0 Å². The molecule has 1 aliphatic heterocycles. The topological polar surface area (TPSA) is 24.1 Å². The number of piperidine rings is 1. The van der Waals surface area contributed by atoms with Crippen LogP contribution in [0.15, 0.2) is 0 Å². The van der Waals surface area contributed by atoms with Crippen molar-refractivity contribution in [3.8, 4) is 0 Å². The fraction of sp³-hybridized carbons (Fsp3) is 1.00. The van der Waals surface area contributed by atoms with Crippen LogP contribution >= 0.6 is 0 Å². The zero-order valence-electron chi connectivity index (χ0n) is 16.3. The predicted molar refractivity (Wildman–Crippen MR) is 102 cm³/mol. The Morgan fingerprint density at radius 3 is 1.43 bits per heavy atom. The first-order valence-corrected chi connectivity index (χ1v) is 10.4. The molecule has 2 aliphatic rings. The van der Waals surface area contributed by atoms with Crippen molar-refractivity contribution in [2.24, 2.45) is 0 Å². The molecule has 0 amide bonds. The van der Waals surface area contributed by atoms with Gasteiger partial charge in [0.25, 0.3) is 0 Å². The summed E-state index contributed by atoms with van der Waals surface area (Å²) in [5, 5.41) is 7.90. The van der Waals surface area contributed by atoms with Gasteiger partial charge in [0.05, 0.1) is 0 Å². The Balaban J connectivity index is 1.86. The van der Waals surface area contributed by atoms with Gasteiger partial charge in [-0.15, -0.1) is 0 Å². The summed E-state index contributed by atoms with van der Waals surface area (Å²) < 4.78 is 0. The van der Waals surface area contributed by atoms with Gasteiger partial charge in [-0.2, -0.15) is 0 Å². The van der Waals surface area contributed by atoms with E-state index in [1.54, 1.807) is 0 Å². The maximum absolute atomic E-state index is 4.08. The van der Waals surface area contributed by atoms with Crippen molar-refractivity contribution in [3.05, 3.63) is 0 Å². The lowest BCUT2D eigenvalue weighted by Crippen LogP contribution is -2.62. The number of hydrogen-bond donors (Lipinski definition) is 2. The Hall–Kier alpha value is -0.0800. The third-order valence-electron chi connectivity index (χ3n) is 5.77. The van der Waals surface area contributed by atoms with E-state index in [9.17, 15) is 0 Å². The average Bonchev–Trinajstić information content (AvgIpc) is 2.38. The summed E-state index contributed by atoms with van der Waals surface area (Å²) in [7, 11) is 0. The Bertz CT molecular complexity index is 307. The number of nitrogens with one attached hydrogen (secondary N) is 2. The third kappa shape index (κ3) is 7.56.